The van der Waals surface area contributed by atoms with Crippen LogP contribution in [0.5, 0.6) is 0 Å². The highest BCUT2D eigenvalue weighted by Gasteiger charge is 2.37. The maximum absolute atomic E-state index is 13.2. The third kappa shape index (κ3) is 2.85. The molecule has 1 N–H and O–H groups in total. The van der Waals surface area contributed by atoms with Gasteiger partial charge in [0.1, 0.15) is 11.9 Å². The Hall–Kier alpha value is -1.43. The molecule has 1 aliphatic rings. The Bertz CT molecular complexity index is 549. The number of carbonyl (C=O) groups is 2. The van der Waals surface area contributed by atoms with Crippen LogP contribution in [0.15, 0.2) is 22.7 Å². The molecule has 2 unspecified atom stereocenters. The van der Waals surface area contributed by atoms with Crippen LogP contribution in [0.2, 0.25) is 0 Å². The monoisotopic (exact) mass is 343 g/mol. The van der Waals surface area contributed by atoms with Crippen molar-refractivity contribution in [3.8, 4) is 0 Å². The number of amides is 1. The van der Waals surface area contributed by atoms with Gasteiger partial charge in [0.25, 0.3) is 5.91 Å². The van der Waals surface area contributed by atoms with Gasteiger partial charge in [-0.15, -0.1) is 0 Å². The molecule has 6 heteroatoms. The molecule has 0 aromatic heterocycles. The van der Waals surface area contributed by atoms with Gasteiger partial charge < -0.3 is 10.0 Å². The van der Waals surface area contributed by atoms with Crippen molar-refractivity contribution in [1.29, 1.82) is 0 Å². The SMILES string of the molecule is CC1CCCN(C(=O)c2ccc(F)c(Br)c2)C1C(=O)O. The summed E-state index contributed by atoms with van der Waals surface area (Å²) in [5.74, 6) is -1.91. The number of rotatable bonds is 2. The zero-order valence-corrected chi connectivity index (χ0v) is 12.6. The van der Waals surface area contributed by atoms with E-state index in [-0.39, 0.29) is 16.3 Å². The quantitative estimate of drug-likeness (QED) is 0.898. The summed E-state index contributed by atoms with van der Waals surface area (Å²) in [5, 5.41) is 9.31. The summed E-state index contributed by atoms with van der Waals surface area (Å²) < 4.78 is 13.4. The molecule has 0 bridgehead atoms. The molecule has 0 radical (unpaired) electrons. The van der Waals surface area contributed by atoms with Gasteiger partial charge in [-0.2, -0.15) is 0 Å². The fourth-order valence-corrected chi connectivity index (χ4v) is 2.97. The second-order valence-electron chi connectivity index (χ2n) is 5.03. The lowest BCUT2D eigenvalue weighted by atomic mass is 9.90. The Labute approximate surface area is 124 Å². The molecule has 1 aromatic carbocycles. The molecule has 108 valence electrons. The maximum atomic E-state index is 13.2. The number of halogens is 2. The lowest BCUT2D eigenvalue weighted by Gasteiger charge is -2.37. The molecule has 4 nitrogen and oxygen atoms in total. The number of hydrogen-bond donors (Lipinski definition) is 1. The predicted octanol–water partition coefficient (Wildman–Crippen LogP) is 2.91. The average molecular weight is 344 g/mol. The largest absolute Gasteiger partial charge is 0.480 e. The fourth-order valence-electron chi connectivity index (χ4n) is 2.59. The molecule has 1 fully saturated rings. The summed E-state index contributed by atoms with van der Waals surface area (Å²) in [7, 11) is 0. The van der Waals surface area contributed by atoms with Gasteiger partial charge in [-0.1, -0.05) is 6.92 Å². The number of piperidine rings is 1. The van der Waals surface area contributed by atoms with Crippen molar-refractivity contribution in [2.75, 3.05) is 6.54 Å². The van der Waals surface area contributed by atoms with Gasteiger partial charge in [-0.25, -0.2) is 9.18 Å². The number of carboxylic acids is 1. The Balaban J connectivity index is 2.30. The Kier molecular flexibility index (Phi) is 4.42. The minimum absolute atomic E-state index is 0.0888. The highest BCUT2D eigenvalue weighted by atomic mass is 79.9. The Morgan fingerprint density at radius 1 is 1.45 bits per heavy atom. The molecule has 2 rings (SSSR count). The van der Waals surface area contributed by atoms with E-state index >= 15 is 0 Å². The van der Waals surface area contributed by atoms with Crippen molar-refractivity contribution in [3.05, 3.63) is 34.1 Å². The molecule has 0 aliphatic carbocycles. The Morgan fingerprint density at radius 2 is 2.15 bits per heavy atom. The zero-order valence-electron chi connectivity index (χ0n) is 11.0. The maximum Gasteiger partial charge on any atom is 0.326 e. The van der Waals surface area contributed by atoms with Crippen LogP contribution in [0.1, 0.15) is 30.1 Å². The fraction of sp³-hybridized carbons (Fsp3) is 0.429. The van der Waals surface area contributed by atoms with Crippen LogP contribution in [-0.2, 0) is 4.79 Å². The van der Waals surface area contributed by atoms with Crippen LogP contribution in [0, 0.1) is 11.7 Å². The average Bonchev–Trinajstić information content (AvgIpc) is 2.40. The number of carboxylic acid groups (broad SMARTS) is 1. The standard InChI is InChI=1S/C14H15BrFNO3/c1-8-3-2-6-17(12(8)14(19)20)13(18)9-4-5-11(16)10(15)7-9/h4-5,7-8,12H,2-3,6H2,1H3,(H,19,20). The van der Waals surface area contributed by atoms with Crippen molar-refractivity contribution >= 4 is 27.8 Å². The molecular weight excluding hydrogens is 329 g/mol. The summed E-state index contributed by atoms with van der Waals surface area (Å²) in [6.45, 7) is 2.24. The molecular formula is C14H15BrFNO3. The van der Waals surface area contributed by atoms with Crippen molar-refractivity contribution in [2.24, 2.45) is 5.92 Å². The van der Waals surface area contributed by atoms with Crippen molar-refractivity contribution < 1.29 is 19.1 Å². The lowest BCUT2D eigenvalue weighted by molar-refractivity contribution is -0.145. The number of nitrogens with zero attached hydrogens (tertiary/aromatic N) is 1. The smallest absolute Gasteiger partial charge is 0.326 e. The van der Waals surface area contributed by atoms with Gasteiger partial charge in [-0.3, -0.25) is 4.79 Å². The van der Waals surface area contributed by atoms with Crippen molar-refractivity contribution in [3.63, 3.8) is 0 Å². The number of likely N-dealkylation sites (tertiary alicyclic amines) is 1. The van der Waals surface area contributed by atoms with Crippen LogP contribution in [-0.4, -0.2) is 34.5 Å². The van der Waals surface area contributed by atoms with Crippen LogP contribution in [0.25, 0.3) is 0 Å². The highest BCUT2D eigenvalue weighted by molar-refractivity contribution is 9.10. The molecule has 0 spiro atoms. The summed E-state index contributed by atoms with van der Waals surface area (Å²) >= 11 is 3.03. The minimum atomic E-state index is -0.994. The van der Waals surface area contributed by atoms with E-state index in [0.717, 1.165) is 12.8 Å². The summed E-state index contributed by atoms with van der Waals surface area (Å²) in [6, 6.07) is 3.14. The van der Waals surface area contributed by atoms with Crippen LogP contribution < -0.4 is 0 Å². The van der Waals surface area contributed by atoms with Crippen LogP contribution >= 0.6 is 15.9 Å². The number of benzene rings is 1. The third-order valence-electron chi connectivity index (χ3n) is 3.61. The molecule has 1 amide bonds. The van der Waals surface area contributed by atoms with E-state index in [0.29, 0.717) is 12.1 Å². The molecule has 0 saturated carbocycles. The molecule has 1 saturated heterocycles. The Morgan fingerprint density at radius 3 is 2.75 bits per heavy atom. The summed E-state index contributed by atoms with van der Waals surface area (Å²) in [4.78, 5) is 25.2. The third-order valence-corrected chi connectivity index (χ3v) is 4.22. The summed E-state index contributed by atoms with van der Waals surface area (Å²) in [6.07, 6.45) is 1.56. The van der Waals surface area contributed by atoms with E-state index in [1.807, 2.05) is 6.92 Å². The van der Waals surface area contributed by atoms with E-state index in [4.69, 9.17) is 0 Å². The number of hydrogen-bond acceptors (Lipinski definition) is 2. The van der Waals surface area contributed by atoms with Gasteiger partial charge in [0, 0.05) is 12.1 Å². The van der Waals surface area contributed by atoms with Crippen LogP contribution in [0.4, 0.5) is 4.39 Å². The first kappa shape index (κ1) is 15.0. The van der Waals surface area contributed by atoms with E-state index in [9.17, 15) is 19.1 Å². The molecule has 1 aliphatic heterocycles. The minimum Gasteiger partial charge on any atom is -0.480 e. The van der Waals surface area contributed by atoms with Gasteiger partial charge in [0.05, 0.1) is 4.47 Å². The second kappa shape index (κ2) is 5.91. The van der Waals surface area contributed by atoms with E-state index in [1.165, 1.54) is 23.1 Å². The second-order valence-corrected chi connectivity index (χ2v) is 5.88. The summed E-state index contributed by atoms with van der Waals surface area (Å²) in [5.41, 5.74) is 0.290. The molecule has 1 aromatic rings. The number of carbonyl (C=O) groups excluding carboxylic acids is 1. The topological polar surface area (TPSA) is 57.6 Å². The van der Waals surface area contributed by atoms with Gasteiger partial charge >= 0.3 is 5.97 Å². The molecule has 1 heterocycles. The van der Waals surface area contributed by atoms with E-state index in [1.54, 1.807) is 0 Å². The molecule has 20 heavy (non-hydrogen) atoms. The predicted molar refractivity (Wildman–Crippen MR) is 75.0 cm³/mol. The van der Waals surface area contributed by atoms with Gasteiger partial charge in [0.2, 0.25) is 0 Å². The zero-order chi connectivity index (χ0) is 14.9. The molecule has 2 atom stereocenters. The van der Waals surface area contributed by atoms with E-state index in [2.05, 4.69) is 15.9 Å². The van der Waals surface area contributed by atoms with Crippen LogP contribution in [0.3, 0.4) is 0 Å². The first-order chi connectivity index (χ1) is 9.41. The lowest BCUT2D eigenvalue weighted by Crippen LogP contribution is -2.51. The first-order valence-corrected chi connectivity index (χ1v) is 7.20. The normalized spacial score (nSPS) is 22.6. The van der Waals surface area contributed by atoms with Gasteiger partial charge in [0.15, 0.2) is 0 Å². The van der Waals surface area contributed by atoms with E-state index < -0.39 is 17.8 Å². The highest BCUT2D eigenvalue weighted by Crippen LogP contribution is 2.26. The van der Waals surface area contributed by atoms with Crippen molar-refractivity contribution in [1.82, 2.24) is 4.90 Å². The first-order valence-electron chi connectivity index (χ1n) is 6.40. The van der Waals surface area contributed by atoms with Crippen molar-refractivity contribution in [2.45, 2.75) is 25.8 Å². The number of aliphatic carboxylic acids is 1. The van der Waals surface area contributed by atoms with Gasteiger partial charge in [-0.05, 0) is 52.9 Å².